The van der Waals surface area contributed by atoms with Crippen LogP contribution in [-0.4, -0.2) is 27.7 Å². The van der Waals surface area contributed by atoms with Crippen molar-refractivity contribution in [1.29, 1.82) is 0 Å². The molecule has 0 saturated carbocycles. The molecule has 1 atom stereocenters. The zero-order valence-corrected chi connectivity index (χ0v) is 20.3. The zero-order chi connectivity index (χ0) is 23.8. The SMILES string of the molecule is COc1ccccc1CNC1CCc2c(sc3ncn(Cc4cccc5cccnc45)c(=O)c23)C1. The fourth-order valence-corrected chi connectivity index (χ4v) is 6.33. The Hall–Kier alpha value is -3.55. The predicted octanol–water partition coefficient (Wildman–Crippen LogP) is 4.71. The molecule has 0 fully saturated rings. The molecule has 1 aliphatic rings. The van der Waals surface area contributed by atoms with Crippen LogP contribution in [-0.2, 0) is 25.9 Å². The topological polar surface area (TPSA) is 69.0 Å². The minimum atomic E-state index is 0.0425. The lowest BCUT2D eigenvalue weighted by molar-refractivity contribution is 0.401. The van der Waals surface area contributed by atoms with Crippen LogP contribution in [0, 0.1) is 0 Å². The van der Waals surface area contributed by atoms with Crippen LogP contribution in [0.25, 0.3) is 21.1 Å². The molecule has 3 heterocycles. The third-order valence-electron chi connectivity index (χ3n) is 6.87. The summed E-state index contributed by atoms with van der Waals surface area (Å²) in [7, 11) is 1.71. The maximum absolute atomic E-state index is 13.5. The fourth-order valence-electron chi connectivity index (χ4n) is 5.07. The van der Waals surface area contributed by atoms with E-state index in [1.807, 2.05) is 48.5 Å². The van der Waals surface area contributed by atoms with Gasteiger partial charge in [0.25, 0.3) is 5.56 Å². The van der Waals surface area contributed by atoms with Gasteiger partial charge in [0.2, 0.25) is 0 Å². The maximum atomic E-state index is 13.5. The van der Waals surface area contributed by atoms with E-state index in [0.29, 0.717) is 12.6 Å². The number of hydrogen-bond acceptors (Lipinski definition) is 6. The normalized spacial score (nSPS) is 15.4. The summed E-state index contributed by atoms with van der Waals surface area (Å²) < 4.78 is 7.21. The lowest BCUT2D eigenvalue weighted by Gasteiger charge is -2.24. The van der Waals surface area contributed by atoms with Crippen molar-refractivity contribution in [2.24, 2.45) is 0 Å². The van der Waals surface area contributed by atoms with Gasteiger partial charge in [-0.25, -0.2) is 4.98 Å². The molecule has 35 heavy (non-hydrogen) atoms. The average Bonchev–Trinajstić information content (AvgIpc) is 3.28. The number of thiophene rings is 1. The Kier molecular flexibility index (Phi) is 5.80. The van der Waals surface area contributed by atoms with Crippen molar-refractivity contribution < 1.29 is 4.74 Å². The maximum Gasteiger partial charge on any atom is 0.262 e. The Morgan fingerprint density at radius 3 is 2.86 bits per heavy atom. The van der Waals surface area contributed by atoms with Gasteiger partial charge in [-0.2, -0.15) is 0 Å². The first-order chi connectivity index (χ1) is 17.2. The van der Waals surface area contributed by atoms with Crippen molar-refractivity contribution in [1.82, 2.24) is 19.9 Å². The van der Waals surface area contributed by atoms with Gasteiger partial charge in [-0.3, -0.25) is 14.3 Å². The molecule has 2 aromatic carbocycles. The predicted molar refractivity (Wildman–Crippen MR) is 140 cm³/mol. The van der Waals surface area contributed by atoms with Gasteiger partial charge in [0.1, 0.15) is 10.6 Å². The van der Waals surface area contributed by atoms with Crippen LogP contribution in [0.1, 0.15) is 28.0 Å². The Balaban J connectivity index is 1.26. The summed E-state index contributed by atoms with van der Waals surface area (Å²) in [4.78, 5) is 24.9. The molecule has 0 bridgehead atoms. The minimum Gasteiger partial charge on any atom is -0.496 e. The van der Waals surface area contributed by atoms with Crippen molar-refractivity contribution in [3.8, 4) is 5.75 Å². The first kappa shape index (κ1) is 21.9. The molecular formula is C28H26N4O2S. The lowest BCUT2D eigenvalue weighted by Crippen LogP contribution is -2.34. The number of aryl methyl sites for hydroxylation is 1. The number of methoxy groups -OCH3 is 1. The molecule has 176 valence electrons. The van der Waals surface area contributed by atoms with Crippen LogP contribution >= 0.6 is 11.3 Å². The number of pyridine rings is 1. The Morgan fingerprint density at radius 1 is 1.09 bits per heavy atom. The molecule has 6 nitrogen and oxygen atoms in total. The standard InChI is InChI=1S/C28H26N4O2S/c1-34-23-10-3-2-6-19(23)15-30-21-11-12-22-24(14-21)35-27-25(22)28(33)32(17-31-27)16-20-8-4-7-18-9-5-13-29-26(18)20/h2-10,13,17,21,30H,11-12,14-16H2,1H3. The number of benzene rings is 2. The van der Waals surface area contributed by atoms with Gasteiger partial charge in [-0.05, 0) is 42.5 Å². The Morgan fingerprint density at radius 2 is 1.94 bits per heavy atom. The molecule has 7 heteroatoms. The van der Waals surface area contributed by atoms with Crippen LogP contribution in [0.2, 0.25) is 0 Å². The lowest BCUT2D eigenvalue weighted by atomic mass is 9.93. The van der Waals surface area contributed by atoms with Crippen LogP contribution in [0.5, 0.6) is 5.75 Å². The number of ether oxygens (including phenoxy) is 1. The second kappa shape index (κ2) is 9.24. The smallest absolute Gasteiger partial charge is 0.262 e. The van der Waals surface area contributed by atoms with Gasteiger partial charge >= 0.3 is 0 Å². The first-order valence-electron chi connectivity index (χ1n) is 11.9. The number of para-hydroxylation sites is 2. The number of hydrogen-bond donors (Lipinski definition) is 1. The van der Waals surface area contributed by atoms with E-state index in [4.69, 9.17) is 4.74 Å². The van der Waals surface area contributed by atoms with E-state index in [1.165, 1.54) is 10.4 Å². The van der Waals surface area contributed by atoms with Crippen molar-refractivity contribution >= 4 is 32.5 Å². The third kappa shape index (κ3) is 4.11. The van der Waals surface area contributed by atoms with E-state index in [9.17, 15) is 4.79 Å². The summed E-state index contributed by atoms with van der Waals surface area (Å²) in [6, 6.07) is 18.6. The Bertz CT molecular complexity index is 1580. The molecule has 1 aliphatic carbocycles. The van der Waals surface area contributed by atoms with E-state index in [1.54, 1.807) is 35.5 Å². The minimum absolute atomic E-state index is 0.0425. The Labute approximate surface area is 207 Å². The molecule has 3 aromatic heterocycles. The van der Waals surface area contributed by atoms with Gasteiger partial charge < -0.3 is 10.1 Å². The second-order valence-electron chi connectivity index (χ2n) is 8.99. The molecule has 5 aromatic rings. The molecule has 0 aliphatic heterocycles. The van der Waals surface area contributed by atoms with Crippen molar-refractivity contribution in [3.05, 3.63) is 99.0 Å². The van der Waals surface area contributed by atoms with Crippen LogP contribution in [0.3, 0.4) is 0 Å². The van der Waals surface area contributed by atoms with Gasteiger partial charge in [0, 0.05) is 34.6 Å². The second-order valence-corrected chi connectivity index (χ2v) is 10.1. The quantitative estimate of drug-likeness (QED) is 0.380. The highest BCUT2D eigenvalue weighted by Crippen LogP contribution is 2.34. The van der Waals surface area contributed by atoms with Crippen molar-refractivity contribution in [3.63, 3.8) is 0 Å². The van der Waals surface area contributed by atoms with Gasteiger partial charge in [0.05, 0.1) is 30.9 Å². The summed E-state index contributed by atoms with van der Waals surface area (Å²) in [5.41, 5.74) is 4.34. The molecular weight excluding hydrogens is 456 g/mol. The van der Waals surface area contributed by atoms with Gasteiger partial charge in [0.15, 0.2) is 0 Å². The molecule has 1 N–H and O–H groups in total. The molecule has 0 radical (unpaired) electrons. The summed E-state index contributed by atoms with van der Waals surface area (Å²) in [5, 5.41) is 5.56. The average molecular weight is 483 g/mol. The monoisotopic (exact) mass is 482 g/mol. The van der Waals surface area contributed by atoms with E-state index in [2.05, 4.69) is 21.4 Å². The first-order valence-corrected chi connectivity index (χ1v) is 12.7. The van der Waals surface area contributed by atoms with Gasteiger partial charge in [-0.1, -0.05) is 42.5 Å². The van der Waals surface area contributed by atoms with Gasteiger partial charge in [-0.15, -0.1) is 11.3 Å². The molecule has 0 saturated heterocycles. The zero-order valence-electron chi connectivity index (χ0n) is 19.5. The molecule has 6 rings (SSSR count). The summed E-state index contributed by atoms with van der Waals surface area (Å²) in [6.45, 7) is 1.23. The van der Waals surface area contributed by atoms with E-state index in [-0.39, 0.29) is 5.56 Å². The van der Waals surface area contributed by atoms with E-state index < -0.39 is 0 Å². The van der Waals surface area contributed by atoms with Crippen LogP contribution < -0.4 is 15.6 Å². The van der Waals surface area contributed by atoms with Crippen molar-refractivity contribution in [2.45, 2.75) is 38.4 Å². The third-order valence-corrected chi connectivity index (χ3v) is 8.03. The number of nitrogens with zero attached hydrogens (tertiary/aromatic N) is 3. The highest BCUT2D eigenvalue weighted by Gasteiger charge is 2.25. The molecule has 1 unspecified atom stereocenters. The highest BCUT2D eigenvalue weighted by molar-refractivity contribution is 7.18. The number of rotatable bonds is 6. The summed E-state index contributed by atoms with van der Waals surface area (Å²) in [6.07, 6.45) is 6.28. The van der Waals surface area contributed by atoms with Crippen LogP contribution in [0.15, 0.2) is 71.9 Å². The molecule has 0 amide bonds. The van der Waals surface area contributed by atoms with Crippen LogP contribution in [0.4, 0.5) is 0 Å². The van der Waals surface area contributed by atoms with E-state index >= 15 is 0 Å². The van der Waals surface area contributed by atoms with Crippen molar-refractivity contribution in [2.75, 3.05) is 7.11 Å². The number of aromatic nitrogens is 3. The van der Waals surface area contributed by atoms with E-state index in [0.717, 1.165) is 63.8 Å². The number of nitrogens with one attached hydrogen (secondary N) is 1. The summed E-state index contributed by atoms with van der Waals surface area (Å²) >= 11 is 1.66. The molecule has 0 spiro atoms. The fraction of sp³-hybridized carbons (Fsp3) is 0.250. The largest absolute Gasteiger partial charge is 0.496 e. The highest BCUT2D eigenvalue weighted by atomic mass is 32.1. The number of fused-ring (bicyclic) bond motifs is 4. The summed E-state index contributed by atoms with van der Waals surface area (Å²) in [5.74, 6) is 0.907.